The Kier molecular flexibility index (Phi) is 5.91. The third-order valence-electron chi connectivity index (χ3n) is 3.50. The van der Waals surface area contributed by atoms with Crippen LogP contribution in [0.5, 0.6) is 11.5 Å². The summed E-state index contributed by atoms with van der Waals surface area (Å²) in [6.07, 6.45) is 0. The molecule has 10 nitrogen and oxygen atoms in total. The number of amides is 1. The van der Waals surface area contributed by atoms with Crippen LogP contribution in [0.2, 0.25) is 0 Å². The van der Waals surface area contributed by atoms with Crippen LogP contribution in [0.4, 0.5) is 17.1 Å². The molecule has 0 aromatic heterocycles. The maximum Gasteiger partial charge on any atom is 0.320 e. The molecule has 0 saturated carbocycles. The van der Waals surface area contributed by atoms with Gasteiger partial charge in [-0.25, -0.2) is 0 Å². The van der Waals surface area contributed by atoms with Gasteiger partial charge in [-0.1, -0.05) is 6.07 Å². The van der Waals surface area contributed by atoms with Gasteiger partial charge >= 0.3 is 11.4 Å². The van der Waals surface area contributed by atoms with Crippen LogP contribution in [0.1, 0.15) is 11.1 Å². The number of aryl methyl sites for hydroxylation is 2. The molecule has 0 heterocycles. The highest BCUT2D eigenvalue weighted by atomic mass is 16.6. The minimum absolute atomic E-state index is 0.108. The molecule has 2 aromatic rings. The van der Waals surface area contributed by atoms with Crippen LogP contribution in [0.25, 0.3) is 0 Å². The van der Waals surface area contributed by atoms with E-state index in [1.54, 1.807) is 12.1 Å². The molecule has 10 heteroatoms. The first-order valence-electron chi connectivity index (χ1n) is 7.73. The maximum absolute atomic E-state index is 12.1. The van der Waals surface area contributed by atoms with E-state index in [4.69, 9.17) is 9.47 Å². The van der Waals surface area contributed by atoms with Gasteiger partial charge in [0.05, 0.1) is 22.6 Å². The average Bonchev–Trinajstić information content (AvgIpc) is 2.58. The largest absolute Gasteiger partial charge is 0.485 e. The minimum Gasteiger partial charge on any atom is -0.485 e. The van der Waals surface area contributed by atoms with Gasteiger partial charge in [0.25, 0.3) is 11.7 Å². The second-order valence-corrected chi connectivity index (χ2v) is 5.72. The number of rotatable bonds is 7. The number of nitrogens with one attached hydrogen (secondary N) is 1. The molecule has 0 saturated heterocycles. The van der Waals surface area contributed by atoms with Crippen molar-refractivity contribution in [2.45, 2.75) is 13.8 Å². The lowest BCUT2D eigenvalue weighted by molar-refractivity contribution is -0.395. The summed E-state index contributed by atoms with van der Waals surface area (Å²) >= 11 is 0. The van der Waals surface area contributed by atoms with Crippen LogP contribution < -0.4 is 14.8 Å². The van der Waals surface area contributed by atoms with Gasteiger partial charge in [-0.15, -0.1) is 0 Å². The molecule has 0 bridgehead atoms. The van der Waals surface area contributed by atoms with Crippen LogP contribution in [-0.2, 0) is 4.79 Å². The predicted octanol–water partition coefficient (Wildman–Crippen LogP) is 3.15. The number of hydrogen-bond acceptors (Lipinski definition) is 7. The van der Waals surface area contributed by atoms with Crippen molar-refractivity contribution in [3.05, 3.63) is 61.7 Å². The van der Waals surface area contributed by atoms with E-state index in [-0.39, 0.29) is 12.3 Å². The van der Waals surface area contributed by atoms with Crippen molar-refractivity contribution in [3.8, 4) is 11.5 Å². The van der Waals surface area contributed by atoms with Gasteiger partial charge in [0, 0.05) is 12.1 Å². The summed E-state index contributed by atoms with van der Waals surface area (Å²) in [6.45, 7) is 3.40. The fraction of sp³-hybridized carbons (Fsp3) is 0.235. The summed E-state index contributed by atoms with van der Waals surface area (Å²) in [4.78, 5) is 32.7. The normalized spacial score (nSPS) is 10.2. The number of anilines is 1. The number of nitro benzene ring substituents is 2. The molecule has 27 heavy (non-hydrogen) atoms. The first-order chi connectivity index (χ1) is 12.7. The third kappa shape index (κ3) is 4.91. The number of nitro groups is 2. The summed E-state index contributed by atoms with van der Waals surface area (Å²) in [6, 6.07) is 7.43. The van der Waals surface area contributed by atoms with Crippen molar-refractivity contribution >= 4 is 23.0 Å². The van der Waals surface area contributed by atoms with Gasteiger partial charge in [-0.2, -0.15) is 0 Å². The molecular weight excluding hydrogens is 358 g/mol. The Balaban J connectivity index is 2.19. The van der Waals surface area contributed by atoms with E-state index in [1.165, 1.54) is 0 Å². The first kappa shape index (κ1) is 19.6. The highest BCUT2D eigenvalue weighted by Gasteiger charge is 2.28. The quantitative estimate of drug-likeness (QED) is 0.580. The van der Waals surface area contributed by atoms with Crippen LogP contribution in [0.3, 0.4) is 0 Å². The van der Waals surface area contributed by atoms with Crippen molar-refractivity contribution in [2.75, 3.05) is 19.0 Å². The number of methoxy groups -OCH3 is 1. The summed E-state index contributed by atoms with van der Waals surface area (Å²) in [5, 5.41) is 24.6. The Hall–Kier alpha value is -3.69. The SMILES string of the molecule is COc1c([N+](=O)[O-])cc(NC(=O)COc2cc(C)cc(C)c2)cc1[N+](=O)[O-]. The van der Waals surface area contributed by atoms with Crippen LogP contribution in [-0.4, -0.2) is 29.5 Å². The van der Waals surface area contributed by atoms with E-state index in [0.29, 0.717) is 5.75 Å². The summed E-state index contributed by atoms with van der Waals surface area (Å²) in [5.41, 5.74) is 0.566. The van der Waals surface area contributed by atoms with E-state index in [9.17, 15) is 25.0 Å². The predicted molar refractivity (Wildman–Crippen MR) is 96.3 cm³/mol. The van der Waals surface area contributed by atoms with Crippen molar-refractivity contribution in [1.82, 2.24) is 0 Å². The number of hydrogen-bond donors (Lipinski definition) is 1. The fourth-order valence-electron chi connectivity index (χ4n) is 2.51. The molecule has 0 aliphatic carbocycles. The Labute approximate surface area is 154 Å². The van der Waals surface area contributed by atoms with Gasteiger partial charge in [0.15, 0.2) is 6.61 Å². The lowest BCUT2D eigenvalue weighted by atomic mass is 10.1. The molecule has 0 aliphatic rings. The molecule has 0 fully saturated rings. The van der Waals surface area contributed by atoms with Crippen molar-refractivity contribution in [2.24, 2.45) is 0 Å². The topological polar surface area (TPSA) is 134 Å². The number of carbonyl (C=O) groups is 1. The maximum atomic E-state index is 12.1. The van der Waals surface area contributed by atoms with Crippen molar-refractivity contribution in [3.63, 3.8) is 0 Å². The monoisotopic (exact) mass is 375 g/mol. The van der Waals surface area contributed by atoms with Gasteiger partial charge in [-0.3, -0.25) is 25.0 Å². The molecule has 1 N–H and O–H groups in total. The minimum atomic E-state index is -0.826. The zero-order valence-corrected chi connectivity index (χ0v) is 14.8. The molecule has 1 amide bonds. The van der Waals surface area contributed by atoms with Crippen LogP contribution in [0.15, 0.2) is 30.3 Å². The molecule has 142 valence electrons. The zero-order chi connectivity index (χ0) is 20.1. The number of nitrogens with zero attached hydrogens (tertiary/aromatic N) is 2. The smallest absolute Gasteiger partial charge is 0.320 e. The van der Waals surface area contributed by atoms with Crippen molar-refractivity contribution < 1.29 is 24.1 Å². The standard InChI is InChI=1S/C17H17N3O7/c1-10-4-11(2)6-13(5-10)27-9-16(21)18-12-7-14(19(22)23)17(26-3)15(8-12)20(24)25/h4-8H,9H2,1-3H3,(H,18,21). The van der Waals surface area contributed by atoms with Crippen LogP contribution in [0, 0.1) is 34.1 Å². The highest BCUT2D eigenvalue weighted by Crippen LogP contribution is 2.39. The average molecular weight is 375 g/mol. The molecule has 0 atom stereocenters. The Morgan fingerprint density at radius 1 is 1.00 bits per heavy atom. The first-order valence-corrected chi connectivity index (χ1v) is 7.73. The molecule has 2 aromatic carbocycles. The van der Waals surface area contributed by atoms with Gasteiger partial charge in [-0.05, 0) is 37.1 Å². The Morgan fingerprint density at radius 2 is 1.52 bits per heavy atom. The fourth-order valence-corrected chi connectivity index (χ4v) is 2.51. The van der Waals surface area contributed by atoms with E-state index < -0.39 is 32.9 Å². The molecular formula is C17H17N3O7. The van der Waals surface area contributed by atoms with E-state index in [1.807, 2.05) is 19.9 Å². The highest BCUT2D eigenvalue weighted by molar-refractivity contribution is 5.93. The Bertz CT molecular complexity index is 856. The lowest BCUT2D eigenvalue weighted by Gasteiger charge is -2.10. The molecule has 0 radical (unpaired) electrons. The number of ether oxygens (including phenoxy) is 2. The summed E-state index contributed by atoms with van der Waals surface area (Å²) < 4.78 is 10.2. The Morgan fingerprint density at radius 3 is 1.96 bits per heavy atom. The lowest BCUT2D eigenvalue weighted by Crippen LogP contribution is -2.20. The molecule has 0 aliphatic heterocycles. The van der Waals surface area contributed by atoms with Gasteiger partial charge in [0.1, 0.15) is 5.75 Å². The van der Waals surface area contributed by atoms with Crippen molar-refractivity contribution in [1.29, 1.82) is 0 Å². The second kappa shape index (κ2) is 8.13. The number of carbonyl (C=O) groups excluding carboxylic acids is 1. The van der Waals surface area contributed by atoms with E-state index in [2.05, 4.69) is 5.32 Å². The molecule has 0 unspecified atom stereocenters. The van der Waals surface area contributed by atoms with Crippen LogP contribution >= 0.6 is 0 Å². The molecule has 2 rings (SSSR count). The van der Waals surface area contributed by atoms with E-state index >= 15 is 0 Å². The third-order valence-corrected chi connectivity index (χ3v) is 3.50. The number of benzene rings is 2. The van der Waals surface area contributed by atoms with Gasteiger partial charge in [0.2, 0.25) is 0 Å². The zero-order valence-electron chi connectivity index (χ0n) is 14.8. The molecule has 0 spiro atoms. The van der Waals surface area contributed by atoms with E-state index in [0.717, 1.165) is 30.4 Å². The summed E-state index contributed by atoms with van der Waals surface area (Å²) in [7, 11) is 1.09. The van der Waals surface area contributed by atoms with Gasteiger partial charge < -0.3 is 14.8 Å². The second-order valence-electron chi connectivity index (χ2n) is 5.72. The summed E-state index contributed by atoms with van der Waals surface area (Å²) in [5.74, 6) is -0.619.